The van der Waals surface area contributed by atoms with E-state index in [2.05, 4.69) is 25.8 Å². The zero-order valence-corrected chi connectivity index (χ0v) is 6.28. The lowest BCUT2D eigenvalue weighted by atomic mass is 10.1. The van der Waals surface area contributed by atoms with Crippen molar-refractivity contribution in [3.05, 3.63) is 11.6 Å². The Hall–Kier alpha value is -0.700. The number of rotatable bonds is 3. The van der Waals surface area contributed by atoms with Crippen LogP contribution < -0.4 is 0 Å². The van der Waals surface area contributed by atoms with Crippen molar-refractivity contribution in [1.82, 2.24) is 0 Å². The first-order valence-corrected chi connectivity index (χ1v) is 3.40. The predicted octanol–water partition coefficient (Wildman–Crippen LogP) is 2.76. The van der Waals surface area contributed by atoms with Gasteiger partial charge in [-0.2, -0.15) is 0 Å². The molecule has 0 atom stereocenters. The summed E-state index contributed by atoms with van der Waals surface area (Å²) in [7, 11) is 0. The fraction of sp³-hybridized carbons (Fsp3) is 0.556. The maximum atomic E-state index is 5.10. The normalized spacial score (nSPS) is 11.0. The smallest absolute Gasteiger partial charge is 0.0123 e. The van der Waals surface area contributed by atoms with Crippen molar-refractivity contribution in [1.29, 1.82) is 0 Å². The van der Waals surface area contributed by atoms with Crippen LogP contribution in [0.25, 0.3) is 0 Å². The summed E-state index contributed by atoms with van der Waals surface area (Å²) in [6, 6.07) is 0. The zero-order valence-electron chi connectivity index (χ0n) is 6.28. The molecule has 0 aliphatic rings. The van der Waals surface area contributed by atoms with E-state index >= 15 is 0 Å². The van der Waals surface area contributed by atoms with Crippen LogP contribution in [0.1, 0.15) is 33.1 Å². The Kier molecular flexibility index (Phi) is 5.01. The van der Waals surface area contributed by atoms with Crippen molar-refractivity contribution < 1.29 is 0 Å². The van der Waals surface area contributed by atoms with Crippen LogP contribution in [0.2, 0.25) is 0 Å². The average molecular weight is 122 g/mol. The molecule has 0 unspecified atom stereocenters. The largest absolute Gasteiger partial charge is 0.120 e. The molecule has 0 aromatic carbocycles. The Balaban J connectivity index is 3.40. The predicted molar refractivity (Wildman–Crippen MR) is 42.1 cm³/mol. The standard InChI is InChI=1S/C9H14/c1-4-6-8-9(3)7-5-2/h1,7H,5-6,8H2,2-3H3/b9-7+. The molecule has 0 aliphatic carbocycles. The number of terminal acetylenes is 1. The summed E-state index contributed by atoms with van der Waals surface area (Å²) in [6.07, 6.45) is 10.4. The van der Waals surface area contributed by atoms with Gasteiger partial charge in [0.1, 0.15) is 0 Å². The zero-order chi connectivity index (χ0) is 7.11. The minimum absolute atomic E-state index is 0.877. The molecule has 0 spiro atoms. The van der Waals surface area contributed by atoms with Crippen LogP contribution in [0.15, 0.2) is 11.6 Å². The van der Waals surface area contributed by atoms with Gasteiger partial charge in [-0.1, -0.05) is 18.6 Å². The molecule has 9 heavy (non-hydrogen) atoms. The SMILES string of the molecule is C#CCC/C(C)=C/CC. The van der Waals surface area contributed by atoms with E-state index in [0.717, 1.165) is 19.3 Å². The van der Waals surface area contributed by atoms with E-state index in [1.54, 1.807) is 0 Å². The van der Waals surface area contributed by atoms with Gasteiger partial charge in [-0.25, -0.2) is 0 Å². The van der Waals surface area contributed by atoms with Gasteiger partial charge in [0.15, 0.2) is 0 Å². The van der Waals surface area contributed by atoms with E-state index in [-0.39, 0.29) is 0 Å². The van der Waals surface area contributed by atoms with Gasteiger partial charge in [0, 0.05) is 6.42 Å². The first-order chi connectivity index (χ1) is 4.31. The molecular formula is C9H14. The molecule has 0 heteroatoms. The highest BCUT2D eigenvalue weighted by atomic mass is 13.9. The first kappa shape index (κ1) is 8.30. The highest BCUT2D eigenvalue weighted by Crippen LogP contribution is 2.02. The fourth-order valence-electron chi connectivity index (χ4n) is 0.720. The lowest BCUT2D eigenvalue weighted by Crippen LogP contribution is -1.74. The molecule has 50 valence electrons. The molecule has 0 aromatic rings. The van der Waals surface area contributed by atoms with Crippen LogP contribution in [-0.2, 0) is 0 Å². The molecule has 0 aromatic heterocycles. The number of hydrogen-bond acceptors (Lipinski definition) is 0. The third-order valence-corrected chi connectivity index (χ3v) is 1.22. The van der Waals surface area contributed by atoms with Gasteiger partial charge in [0.05, 0.1) is 0 Å². The molecule has 0 radical (unpaired) electrons. The van der Waals surface area contributed by atoms with E-state index in [1.807, 2.05) is 0 Å². The molecular weight excluding hydrogens is 108 g/mol. The van der Waals surface area contributed by atoms with Crippen LogP contribution in [-0.4, -0.2) is 0 Å². The van der Waals surface area contributed by atoms with Gasteiger partial charge in [-0.3, -0.25) is 0 Å². The molecule has 0 nitrogen and oxygen atoms in total. The minimum atomic E-state index is 0.877. The van der Waals surface area contributed by atoms with Crippen molar-refractivity contribution in [2.45, 2.75) is 33.1 Å². The summed E-state index contributed by atoms with van der Waals surface area (Å²) >= 11 is 0. The molecule has 0 rings (SSSR count). The van der Waals surface area contributed by atoms with Crippen LogP contribution in [0, 0.1) is 12.3 Å². The Morgan fingerprint density at radius 3 is 2.78 bits per heavy atom. The summed E-state index contributed by atoms with van der Waals surface area (Å²) in [6.45, 7) is 4.26. The summed E-state index contributed by atoms with van der Waals surface area (Å²) in [4.78, 5) is 0. The summed E-state index contributed by atoms with van der Waals surface area (Å²) in [5.41, 5.74) is 1.41. The van der Waals surface area contributed by atoms with Gasteiger partial charge < -0.3 is 0 Å². The minimum Gasteiger partial charge on any atom is -0.120 e. The van der Waals surface area contributed by atoms with E-state index in [9.17, 15) is 0 Å². The number of allylic oxidation sites excluding steroid dienone is 2. The molecule has 0 aliphatic heterocycles. The molecule has 0 saturated carbocycles. The summed E-state index contributed by atoms with van der Waals surface area (Å²) < 4.78 is 0. The molecule has 0 heterocycles. The van der Waals surface area contributed by atoms with Crippen molar-refractivity contribution in [3.8, 4) is 12.3 Å². The second-order valence-corrected chi connectivity index (χ2v) is 2.16. The quantitative estimate of drug-likeness (QED) is 0.399. The van der Waals surface area contributed by atoms with Crippen molar-refractivity contribution >= 4 is 0 Å². The van der Waals surface area contributed by atoms with Crippen LogP contribution in [0.5, 0.6) is 0 Å². The molecule has 0 saturated heterocycles. The molecule has 0 amide bonds. The first-order valence-electron chi connectivity index (χ1n) is 3.40. The Labute approximate surface area is 58.0 Å². The molecule has 0 bridgehead atoms. The van der Waals surface area contributed by atoms with Gasteiger partial charge in [-0.15, -0.1) is 12.3 Å². The summed E-state index contributed by atoms with van der Waals surface area (Å²) in [5, 5.41) is 0. The number of hydrogen-bond donors (Lipinski definition) is 0. The summed E-state index contributed by atoms with van der Waals surface area (Å²) in [5.74, 6) is 2.62. The van der Waals surface area contributed by atoms with Gasteiger partial charge >= 0.3 is 0 Å². The maximum absolute atomic E-state index is 5.10. The van der Waals surface area contributed by atoms with E-state index in [0.29, 0.717) is 0 Å². The second kappa shape index (κ2) is 5.44. The average Bonchev–Trinajstić information content (AvgIpc) is 1.85. The second-order valence-electron chi connectivity index (χ2n) is 2.16. The third-order valence-electron chi connectivity index (χ3n) is 1.22. The Morgan fingerprint density at radius 2 is 2.33 bits per heavy atom. The van der Waals surface area contributed by atoms with E-state index in [1.165, 1.54) is 5.57 Å². The van der Waals surface area contributed by atoms with Gasteiger partial charge in [0.2, 0.25) is 0 Å². The van der Waals surface area contributed by atoms with E-state index in [4.69, 9.17) is 6.42 Å². The van der Waals surface area contributed by atoms with Crippen molar-refractivity contribution in [3.63, 3.8) is 0 Å². The lowest BCUT2D eigenvalue weighted by Gasteiger charge is -1.93. The van der Waals surface area contributed by atoms with Crippen molar-refractivity contribution in [2.75, 3.05) is 0 Å². The highest BCUT2D eigenvalue weighted by molar-refractivity contribution is 5.00. The third kappa shape index (κ3) is 5.17. The maximum Gasteiger partial charge on any atom is 0.0123 e. The topological polar surface area (TPSA) is 0 Å². The molecule has 0 fully saturated rings. The monoisotopic (exact) mass is 122 g/mol. The van der Waals surface area contributed by atoms with Gasteiger partial charge in [-0.05, 0) is 19.8 Å². The van der Waals surface area contributed by atoms with Gasteiger partial charge in [0.25, 0.3) is 0 Å². The fourth-order valence-corrected chi connectivity index (χ4v) is 0.720. The van der Waals surface area contributed by atoms with E-state index < -0.39 is 0 Å². The van der Waals surface area contributed by atoms with Crippen molar-refractivity contribution in [2.24, 2.45) is 0 Å². The Bertz CT molecular complexity index is 123. The van der Waals surface area contributed by atoms with Crippen LogP contribution >= 0.6 is 0 Å². The van der Waals surface area contributed by atoms with Crippen LogP contribution in [0.3, 0.4) is 0 Å². The molecule has 0 N–H and O–H groups in total. The van der Waals surface area contributed by atoms with Crippen LogP contribution in [0.4, 0.5) is 0 Å². The lowest BCUT2D eigenvalue weighted by molar-refractivity contribution is 0.982. The highest BCUT2D eigenvalue weighted by Gasteiger charge is 1.84. The Morgan fingerprint density at radius 1 is 1.67 bits per heavy atom.